The number of rotatable bonds is 5. The molecule has 0 spiro atoms. The Kier molecular flexibility index (Phi) is 5.43. The summed E-state index contributed by atoms with van der Waals surface area (Å²) < 4.78 is 2.16. The molecule has 1 fully saturated rings. The number of carbonyl (C=O) groups excluding carboxylic acids is 1. The number of nitrogens with zero attached hydrogens (tertiary/aromatic N) is 4. The number of amides is 1. The van der Waals surface area contributed by atoms with Crippen LogP contribution in [0.3, 0.4) is 0 Å². The van der Waals surface area contributed by atoms with Gasteiger partial charge in [-0.3, -0.25) is 4.79 Å². The SMILES string of the molecule is CCn1c(SCC(=O)N2CCN(c3ccc(O)cc3)CC2)nc2ccccc21. The number of hydrogen-bond donors (Lipinski definition) is 1. The topological polar surface area (TPSA) is 61.6 Å². The summed E-state index contributed by atoms with van der Waals surface area (Å²) >= 11 is 1.52. The van der Waals surface area contributed by atoms with E-state index in [1.165, 1.54) is 11.8 Å². The van der Waals surface area contributed by atoms with Crippen molar-refractivity contribution in [3.8, 4) is 5.75 Å². The molecule has 0 unspecified atom stereocenters. The summed E-state index contributed by atoms with van der Waals surface area (Å²) in [5.41, 5.74) is 3.17. The minimum atomic E-state index is 0.157. The number of benzene rings is 2. The van der Waals surface area contributed by atoms with Gasteiger partial charge in [0.25, 0.3) is 0 Å². The molecule has 28 heavy (non-hydrogen) atoms. The summed E-state index contributed by atoms with van der Waals surface area (Å²) in [7, 11) is 0. The number of fused-ring (bicyclic) bond motifs is 1. The van der Waals surface area contributed by atoms with Gasteiger partial charge in [-0.2, -0.15) is 0 Å². The van der Waals surface area contributed by atoms with Crippen LogP contribution in [-0.2, 0) is 11.3 Å². The molecule has 0 bridgehead atoms. The van der Waals surface area contributed by atoms with E-state index in [0.29, 0.717) is 18.8 Å². The molecule has 146 valence electrons. The molecule has 7 heteroatoms. The van der Waals surface area contributed by atoms with Crippen LogP contribution in [0.5, 0.6) is 5.75 Å². The van der Waals surface area contributed by atoms with Crippen LogP contribution in [0, 0.1) is 0 Å². The Hall–Kier alpha value is -2.67. The second kappa shape index (κ2) is 8.14. The lowest BCUT2D eigenvalue weighted by Crippen LogP contribution is -2.49. The van der Waals surface area contributed by atoms with Crippen LogP contribution in [0.25, 0.3) is 11.0 Å². The van der Waals surface area contributed by atoms with Gasteiger partial charge in [0.05, 0.1) is 16.8 Å². The molecular formula is C21H24N4O2S. The zero-order valence-electron chi connectivity index (χ0n) is 15.9. The van der Waals surface area contributed by atoms with Crippen molar-refractivity contribution in [1.29, 1.82) is 0 Å². The maximum absolute atomic E-state index is 12.7. The van der Waals surface area contributed by atoms with E-state index in [4.69, 9.17) is 0 Å². The zero-order chi connectivity index (χ0) is 19.5. The lowest BCUT2D eigenvalue weighted by Gasteiger charge is -2.36. The fourth-order valence-corrected chi connectivity index (χ4v) is 4.55. The van der Waals surface area contributed by atoms with E-state index in [0.717, 1.165) is 41.5 Å². The highest BCUT2D eigenvalue weighted by Crippen LogP contribution is 2.25. The van der Waals surface area contributed by atoms with Gasteiger partial charge in [-0.25, -0.2) is 4.98 Å². The maximum atomic E-state index is 12.7. The molecule has 0 radical (unpaired) electrons. The van der Waals surface area contributed by atoms with Gasteiger partial charge in [0.15, 0.2) is 5.16 Å². The van der Waals surface area contributed by atoms with Crippen LogP contribution in [0.1, 0.15) is 6.92 Å². The zero-order valence-corrected chi connectivity index (χ0v) is 16.7. The van der Waals surface area contributed by atoms with Crippen molar-refractivity contribution < 1.29 is 9.90 Å². The van der Waals surface area contributed by atoms with Gasteiger partial charge in [0.2, 0.25) is 5.91 Å². The van der Waals surface area contributed by atoms with E-state index in [1.54, 1.807) is 12.1 Å². The third-order valence-electron chi connectivity index (χ3n) is 5.11. The summed E-state index contributed by atoms with van der Waals surface area (Å²) in [5.74, 6) is 0.834. The smallest absolute Gasteiger partial charge is 0.233 e. The standard InChI is InChI=1S/C21H24N4O2S/c1-2-25-19-6-4-3-5-18(19)22-21(25)28-15-20(27)24-13-11-23(12-14-24)16-7-9-17(26)10-8-16/h3-10,26H,2,11-15H2,1H3. The minimum absolute atomic E-state index is 0.157. The first-order valence-electron chi connectivity index (χ1n) is 9.55. The van der Waals surface area contributed by atoms with Crippen molar-refractivity contribution in [3.05, 3.63) is 48.5 Å². The van der Waals surface area contributed by atoms with Crippen LogP contribution in [-0.4, -0.2) is 57.4 Å². The van der Waals surface area contributed by atoms with Gasteiger partial charge in [-0.1, -0.05) is 23.9 Å². The number of imidazole rings is 1. The maximum Gasteiger partial charge on any atom is 0.233 e. The highest BCUT2D eigenvalue weighted by atomic mass is 32.2. The Balaban J connectivity index is 1.34. The molecule has 3 aromatic rings. The van der Waals surface area contributed by atoms with Crippen molar-refractivity contribution in [1.82, 2.24) is 14.5 Å². The Morgan fingerprint density at radius 1 is 1.07 bits per heavy atom. The van der Waals surface area contributed by atoms with Crippen molar-refractivity contribution >= 4 is 34.4 Å². The molecule has 4 rings (SSSR count). The highest BCUT2D eigenvalue weighted by molar-refractivity contribution is 7.99. The van der Waals surface area contributed by atoms with Crippen LogP contribution in [0.4, 0.5) is 5.69 Å². The van der Waals surface area contributed by atoms with Gasteiger partial charge >= 0.3 is 0 Å². The number of hydrogen-bond acceptors (Lipinski definition) is 5. The fourth-order valence-electron chi connectivity index (χ4n) is 3.56. The molecule has 0 aliphatic carbocycles. The summed E-state index contributed by atoms with van der Waals surface area (Å²) in [4.78, 5) is 21.6. The van der Waals surface area contributed by atoms with E-state index in [-0.39, 0.29) is 11.7 Å². The minimum Gasteiger partial charge on any atom is -0.508 e. The predicted molar refractivity (Wildman–Crippen MR) is 113 cm³/mol. The van der Waals surface area contributed by atoms with Gasteiger partial charge in [0, 0.05) is 38.4 Å². The second-order valence-electron chi connectivity index (χ2n) is 6.80. The van der Waals surface area contributed by atoms with Gasteiger partial charge < -0.3 is 19.5 Å². The highest BCUT2D eigenvalue weighted by Gasteiger charge is 2.22. The van der Waals surface area contributed by atoms with Crippen molar-refractivity contribution in [2.45, 2.75) is 18.6 Å². The van der Waals surface area contributed by atoms with Crippen molar-refractivity contribution in [2.24, 2.45) is 0 Å². The predicted octanol–water partition coefficient (Wildman–Crippen LogP) is 3.20. The normalized spacial score (nSPS) is 14.6. The third-order valence-corrected chi connectivity index (χ3v) is 6.07. The number of anilines is 1. The van der Waals surface area contributed by atoms with E-state index in [9.17, 15) is 9.90 Å². The first-order chi connectivity index (χ1) is 13.7. The van der Waals surface area contributed by atoms with Gasteiger partial charge in [0.1, 0.15) is 5.75 Å². The average Bonchev–Trinajstić information content (AvgIpc) is 3.10. The molecule has 0 saturated carbocycles. The molecular weight excluding hydrogens is 372 g/mol. The summed E-state index contributed by atoms with van der Waals surface area (Å²) in [5, 5.41) is 10.3. The first kappa shape index (κ1) is 18.7. The third kappa shape index (κ3) is 3.80. The van der Waals surface area contributed by atoms with Crippen LogP contribution < -0.4 is 4.90 Å². The molecule has 6 nitrogen and oxygen atoms in total. The monoisotopic (exact) mass is 396 g/mol. The summed E-state index contributed by atoms with van der Waals surface area (Å²) in [6, 6.07) is 15.3. The summed E-state index contributed by atoms with van der Waals surface area (Å²) in [6.07, 6.45) is 0. The molecule has 1 aromatic heterocycles. The van der Waals surface area contributed by atoms with Crippen LogP contribution in [0.15, 0.2) is 53.7 Å². The Morgan fingerprint density at radius 2 is 1.79 bits per heavy atom. The van der Waals surface area contributed by atoms with Crippen molar-refractivity contribution in [3.63, 3.8) is 0 Å². The lowest BCUT2D eigenvalue weighted by molar-refractivity contribution is -0.128. The number of carbonyl (C=O) groups is 1. The Morgan fingerprint density at radius 3 is 2.50 bits per heavy atom. The molecule has 2 heterocycles. The van der Waals surface area contributed by atoms with Gasteiger partial charge in [-0.05, 0) is 43.3 Å². The number of phenols is 1. The van der Waals surface area contributed by atoms with Crippen LogP contribution in [0.2, 0.25) is 0 Å². The van der Waals surface area contributed by atoms with E-state index in [2.05, 4.69) is 27.4 Å². The molecule has 0 atom stereocenters. The second-order valence-corrected chi connectivity index (χ2v) is 7.74. The van der Waals surface area contributed by atoms with Crippen molar-refractivity contribution in [2.75, 3.05) is 36.8 Å². The number of thioether (sulfide) groups is 1. The Bertz CT molecular complexity index is 962. The number of para-hydroxylation sites is 2. The van der Waals surface area contributed by atoms with Crippen LogP contribution >= 0.6 is 11.8 Å². The quantitative estimate of drug-likeness (QED) is 0.671. The van der Waals surface area contributed by atoms with Gasteiger partial charge in [-0.15, -0.1) is 0 Å². The lowest BCUT2D eigenvalue weighted by atomic mass is 10.2. The largest absolute Gasteiger partial charge is 0.508 e. The number of aromatic hydroxyl groups is 1. The molecule has 1 N–H and O–H groups in total. The average molecular weight is 397 g/mol. The molecule has 1 aliphatic rings. The molecule has 1 saturated heterocycles. The Labute approximate surface area is 168 Å². The number of aromatic nitrogens is 2. The molecule has 1 aliphatic heterocycles. The van der Waals surface area contributed by atoms with E-state index in [1.807, 2.05) is 35.2 Å². The number of aryl methyl sites for hydroxylation is 1. The molecule has 2 aromatic carbocycles. The fraction of sp³-hybridized carbons (Fsp3) is 0.333. The van der Waals surface area contributed by atoms with E-state index >= 15 is 0 Å². The first-order valence-corrected chi connectivity index (χ1v) is 10.5. The number of piperazine rings is 1. The molecule has 1 amide bonds. The van der Waals surface area contributed by atoms with E-state index < -0.39 is 0 Å². The number of phenolic OH excluding ortho intramolecular Hbond substituents is 1. The summed E-state index contributed by atoms with van der Waals surface area (Å²) in [6.45, 7) is 5.96.